The zero-order valence-electron chi connectivity index (χ0n) is 10.3. The zero-order chi connectivity index (χ0) is 11.4. The second-order valence-corrected chi connectivity index (χ2v) is 5.19. The van der Waals surface area contributed by atoms with Crippen molar-refractivity contribution < 1.29 is 5.11 Å². The summed E-state index contributed by atoms with van der Waals surface area (Å²) in [7, 11) is 2.04. The maximum Gasteiger partial charge on any atom is 0.0609 e. The molecule has 1 atom stereocenters. The lowest BCUT2D eigenvalue weighted by molar-refractivity contribution is 0.0463. The predicted octanol–water partition coefficient (Wildman–Crippen LogP) is 1.06. The molecule has 0 aliphatic carbocycles. The minimum Gasteiger partial charge on any atom is -0.394 e. The number of likely N-dealkylation sites (N-methyl/N-ethyl adjacent to an activating group) is 1. The normalized spacial score (nSPS) is 17.1. The van der Waals surface area contributed by atoms with Crippen molar-refractivity contribution in [2.24, 2.45) is 11.1 Å². The van der Waals surface area contributed by atoms with Crippen LogP contribution in [-0.2, 0) is 0 Å². The first-order valence-electron chi connectivity index (χ1n) is 5.33. The molecule has 0 spiro atoms. The average Bonchev–Trinajstić information content (AvgIpc) is 2.17. The van der Waals surface area contributed by atoms with E-state index in [1.165, 1.54) is 0 Å². The zero-order valence-corrected chi connectivity index (χ0v) is 10.3. The van der Waals surface area contributed by atoms with Crippen molar-refractivity contribution in [2.75, 3.05) is 26.7 Å². The second kappa shape index (κ2) is 5.10. The Morgan fingerprint density at radius 3 is 2.07 bits per heavy atom. The third kappa shape index (κ3) is 3.56. The van der Waals surface area contributed by atoms with Crippen LogP contribution >= 0.6 is 0 Å². The van der Waals surface area contributed by atoms with Gasteiger partial charge in [0, 0.05) is 12.1 Å². The van der Waals surface area contributed by atoms with Gasteiger partial charge in [-0.15, -0.1) is 0 Å². The molecule has 0 aromatic rings. The monoisotopic (exact) mass is 202 g/mol. The third-order valence-corrected chi connectivity index (χ3v) is 3.39. The van der Waals surface area contributed by atoms with E-state index in [9.17, 15) is 5.11 Å². The Morgan fingerprint density at radius 1 is 1.29 bits per heavy atom. The van der Waals surface area contributed by atoms with Crippen LogP contribution in [0.25, 0.3) is 0 Å². The van der Waals surface area contributed by atoms with E-state index >= 15 is 0 Å². The largest absolute Gasteiger partial charge is 0.394 e. The van der Waals surface area contributed by atoms with Gasteiger partial charge >= 0.3 is 0 Å². The Balaban J connectivity index is 4.36. The van der Waals surface area contributed by atoms with E-state index in [0.717, 1.165) is 13.0 Å². The van der Waals surface area contributed by atoms with Crippen molar-refractivity contribution in [3.8, 4) is 0 Å². The molecule has 0 aromatic heterocycles. The van der Waals surface area contributed by atoms with E-state index in [1.807, 2.05) is 20.9 Å². The summed E-state index contributed by atoms with van der Waals surface area (Å²) < 4.78 is 0. The molecule has 0 saturated heterocycles. The van der Waals surface area contributed by atoms with Crippen molar-refractivity contribution >= 4 is 0 Å². The lowest BCUT2D eigenvalue weighted by Gasteiger charge is -2.40. The van der Waals surface area contributed by atoms with Crippen LogP contribution in [0.5, 0.6) is 0 Å². The maximum absolute atomic E-state index is 9.23. The highest BCUT2D eigenvalue weighted by Crippen LogP contribution is 2.23. The molecular formula is C11H26N2O. The summed E-state index contributed by atoms with van der Waals surface area (Å²) in [5.74, 6) is 0. The number of rotatable bonds is 6. The van der Waals surface area contributed by atoms with E-state index in [4.69, 9.17) is 5.73 Å². The standard InChI is InChI=1S/C11H26N2O/c1-6-11(4,7-12)8-13(5)10(2,3)9-14/h14H,6-9,12H2,1-5H3. The van der Waals surface area contributed by atoms with Crippen molar-refractivity contribution in [3.05, 3.63) is 0 Å². The van der Waals surface area contributed by atoms with Gasteiger partial charge < -0.3 is 10.8 Å². The molecule has 0 radical (unpaired) electrons. The minimum absolute atomic E-state index is 0.154. The first-order chi connectivity index (χ1) is 6.31. The van der Waals surface area contributed by atoms with E-state index in [1.54, 1.807) is 0 Å². The van der Waals surface area contributed by atoms with Crippen LogP contribution < -0.4 is 5.73 Å². The summed E-state index contributed by atoms with van der Waals surface area (Å²) in [4.78, 5) is 2.18. The molecule has 0 amide bonds. The fourth-order valence-electron chi connectivity index (χ4n) is 1.23. The SMILES string of the molecule is CCC(C)(CN)CN(C)C(C)(C)CO. The van der Waals surface area contributed by atoms with Gasteiger partial charge in [0.25, 0.3) is 0 Å². The van der Waals surface area contributed by atoms with E-state index in [2.05, 4.69) is 18.7 Å². The molecule has 0 heterocycles. The van der Waals surface area contributed by atoms with Gasteiger partial charge in [-0.2, -0.15) is 0 Å². The molecule has 0 rings (SSSR count). The molecule has 0 aliphatic heterocycles. The summed E-state index contributed by atoms with van der Waals surface area (Å²) in [6, 6.07) is 0. The number of aliphatic hydroxyl groups is 1. The fourth-order valence-corrected chi connectivity index (χ4v) is 1.23. The van der Waals surface area contributed by atoms with Gasteiger partial charge in [-0.1, -0.05) is 13.8 Å². The lowest BCUT2D eigenvalue weighted by atomic mass is 9.86. The van der Waals surface area contributed by atoms with Crippen LogP contribution in [0.15, 0.2) is 0 Å². The van der Waals surface area contributed by atoms with Gasteiger partial charge in [-0.3, -0.25) is 4.90 Å². The summed E-state index contributed by atoms with van der Waals surface area (Å²) in [5, 5.41) is 9.23. The fraction of sp³-hybridized carbons (Fsp3) is 1.00. The number of nitrogens with two attached hydrogens (primary N) is 1. The molecular weight excluding hydrogens is 176 g/mol. The van der Waals surface area contributed by atoms with Gasteiger partial charge in [-0.05, 0) is 39.3 Å². The molecule has 1 unspecified atom stereocenters. The summed E-state index contributed by atoms with van der Waals surface area (Å²) in [6.45, 7) is 10.2. The molecule has 3 nitrogen and oxygen atoms in total. The van der Waals surface area contributed by atoms with Crippen LogP contribution in [0.3, 0.4) is 0 Å². The number of nitrogens with zero attached hydrogens (tertiary/aromatic N) is 1. The molecule has 3 heteroatoms. The van der Waals surface area contributed by atoms with Crippen LogP contribution in [0.4, 0.5) is 0 Å². The predicted molar refractivity (Wildman–Crippen MR) is 61.2 cm³/mol. The molecule has 0 saturated carbocycles. The summed E-state index contributed by atoms with van der Waals surface area (Å²) in [5.41, 5.74) is 5.75. The first-order valence-corrected chi connectivity index (χ1v) is 5.33. The van der Waals surface area contributed by atoms with Crippen molar-refractivity contribution in [1.82, 2.24) is 4.90 Å². The highest BCUT2D eigenvalue weighted by atomic mass is 16.3. The first kappa shape index (κ1) is 13.9. The van der Waals surface area contributed by atoms with Gasteiger partial charge in [0.15, 0.2) is 0 Å². The smallest absolute Gasteiger partial charge is 0.0609 e. The molecule has 3 N–H and O–H groups in total. The number of hydrogen-bond donors (Lipinski definition) is 2. The summed E-state index contributed by atoms with van der Waals surface area (Å²) in [6.07, 6.45) is 1.06. The quantitative estimate of drug-likeness (QED) is 0.677. The summed E-state index contributed by atoms with van der Waals surface area (Å²) >= 11 is 0. The van der Waals surface area contributed by atoms with Crippen LogP contribution in [0, 0.1) is 5.41 Å². The topological polar surface area (TPSA) is 49.5 Å². The number of aliphatic hydroxyl groups excluding tert-OH is 1. The molecule has 0 aliphatic rings. The Hall–Kier alpha value is -0.120. The van der Waals surface area contributed by atoms with Gasteiger partial charge in [-0.25, -0.2) is 0 Å². The van der Waals surface area contributed by atoms with Gasteiger partial charge in [0.2, 0.25) is 0 Å². The Bertz CT molecular complexity index is 165. The molecule has 86 valence electrons. The van der Waals surface area contributed by atoms with Gasteiger partial charge in [0.05, 0.1) is 6.61 Å². The lowest BCUT2D eigenvalue weighted by Crippen LogP contribution is -2.50. The second-order valence-electron chi connectivity index (χ2n) is 5.19. The third-order valence-electron chi connectivity index (χ3n) is 3.39. The Morgan fingerprint density at radius 2 is 1.79 bits per heavy atom. The number of hydrogen-bond acceptors (Lipinski definition) is 3. The maximum atomic E-state index is 9.23. The van der Waals surface area contributed by atoms with Gasteiger partial charge in [0.1, 0.15) is 0 Å². The molecule has 0 fully saturated rings. The van der Waals surface area contributed by atoms with Crippen molar-refractivity contribution in [1.29, 1.82) is 0 Å². The van der Waals surface area contributed by atoms with Crippen molar-refractivity contribution in [2.45, 2.75) is 39.7 Å². The van der Waals surface area contributed by atoms with Crippen LogP contribution in [-0.4, -0.2) is 42.3 Å². The van der Waals surface area contributed by atoms with Crippen LogP contribution in [0.1, 0.15) is 34.1 Å². The van der Waals surface area contributed by atoms with E-state index in [-0.39, 0.29) is 17.6 Å². The van der Waals surface area contributed by atoms with E-state index < -0.39 is 0 Å². The Kier molecular flexibility index (Phi) is 5.06. The molecule has 14 heavy (non-hydrogen) atoms. The minimum atomic E-state index is -0.161. The average molecular weight is 202 g/mol. The highest BCUT2D eigenvalue weighted by Gasteiger charge is 2.29. The van der Waals surface area contributed by atoms with Crippen LogP contribution in [0.2, 0.25) is 0 Å². The van der Waals surface area contributed by atoms with E-state index in [0.29, 0.717) is 6.54 Å². The Labute approximate surface area is 88.3 Å². The van der Waals surface area contributed by atoms with Crippen molar-refractivity contribution in [3.63, 3.8) is 0 Å². The highest BCUT2D eigenvalue weighted by molar-refractivity contribution is 4.84. The molecule has 0 aromatic carbocycles. The molecule has 0 bridgehead atoms.